The normalized spacial score (nSPS) is 11.9. The summed E-state index contributed by atoms with van der Waals surface area (Å²) in [6.45, 7) is 3.75. The van der Waals surface area contributed by atoms with Crippen LogP contribution >= 0.6 is 0 Å². The number of benzene rings is 1. The molecule has 0 amide bonds. The van der Waals surface area contributed by atoms with Crippen molar-refractivity contribution in [2.45, 2.75) is 26.4 Å². The molecule has 0 heterocycles. The molecule has 0 spiro atoms. The Morgan fingerprint density at radius 1 is 1.56 bits per heavy atom. The molecule has 4 nitrogen and oxygen atoms in total. The Bertz CT molecular complexity index is 480. The summed E-state index contributed by atoms with van der Waals surface area (Å²) < 4.78 is 18.5. The van der Waals surface area contributed by atoms with Crippen molar-refractivity contribution < 1.29 is 19.0 Å². The molecule has 1 aromatic carbocycles. The first-order valence-corrected chi connectivity index (χ1v) is 5.53. The summed E-state index contributed by atoms with van der Waals surface area (Å²) >= 11 is 0. The van der Waals surface area contributed by atoms with Crippen molar-refractivity contribution in [3.8, 4) is 11.8 Å². The number of carboxylic acid groups (broad SMARTS) is 1. The second-order valence-electron chi connectivity index (χ2n) is 4.33. The molecule has 0 radical (unpaired) electrons. The van der Waals surface area contributed by atoms with Crippen LogP contribution in [0.1, 0.15) is 25.8 Å². The summed E-state index contributed by atoms with van der Waals surface area (Å²) in [5.41, 5.74) is -0.0990. The molecular formula is C13H14FNO3. The number of nitriles is 1. The number of nitrogens with zero attached hydrogens (tertiary/aromatic N) is 1. The lowest BCUT2D eigenvalue weighted by atomic mass is 10.1. The van der Waals surface area contributed by atoms with E-state index in [2.05, 4.69) is 0 Å². The van der Waals surface area contributed by atoms with Gasteiger partial charge in [0.25, 0.3) is 0 Å². The van der Waals surface area contributed by atoms with Gasteiger partial charge in [-0.25, -0.2) is 9.18 Å². The average Bonchev–Trinajstić information content (AvgIpc) is 2.27. The van der Waals surface area contributed by atoms with Gasteiger partial charge in [-0.15, -0.1) is 0 Å². The van der Waals surface area contributed by atoms with Gasteiger partial charge in [-0.1, -0.05) is 13.8 Å². The molecule has 0 saturated heterocycles. The lowest BCUT2D eigenvalue weighted by Gasteiger charge is -2.17. The molecule has 0 aromatic heterocycles. The van der Waals surface area contributed by atoms with E-state index in [1.807, 2.05) is 13.8 Å². The Morgan fingerprint density at radius 2 is 2.22 bits per heavy atom. The highest BCUT2D eigenvalue weighted by Crippen LogP contribution is 2.19. The summed E-state index contributed by atoms with van der Waals surface area (Å²) in [6, 6.07) is 5.36. The van der Waals surface area contributed by atoms with Crippen molar-refractivity contribution in [1.29, 1.82) is 5.26 Å². The minimum absolute atomic E-state index is 0.0990. The molecular weight excluding hydrogens is 237 g/mol. The summed E-state index contributed by atoms with van der Waals surface area (Å²) in [4.78, 5) is 11.0. The van der Waals surface area contributed by atoms with Gasteiger partial charge in [-0.05, 0) is 24.5 Å². The van der Waals surface area contributed by atoms with Crippen molar-refractivity contribution in [1.82, 2.24) is 0 Å². The molecule has 1 N–H and O–H groups in total. The van der Waals surface area contributed by atoms with Crippen molar-refractivity contribution >= 4 is 5.97 Å². The van der Waals surface area contributed by atoms with Crippen molar-refractivity contribution in [2.75, 3.05) is 0 Å². The van der Waals surface area contributed by atoms with E-state index >= 15 is 0 Å². The van der Waals surface area contributed by atoms with E-state index in [-0.39, 0.29) is 17.2 Å². The van der Waals surface area contributed by atoms with Gasteiger partial charge in [0.1, 0.15) is 17.6 Å². The van der Waals surface area contributed by atoms with Gasteiger partial charge in [-0.2, -0.15) is 5.26 Å². The van der Waals surface area contributed by atoms with Crippen molar-refractivity contribution in [2.24, 2.45) is 5.92 Å². The number of carboxylic acids is 1. The quantitative estimate of drug-likeness (QED) is 0.873. The number of ether oxygens (including phenoxy) is 1. The van der Waals surface area contributed by atoms with Crippen LogP contribution in [-0.4, -0.2) is 17.2 Å². The Balaban J connectivity index is 2.85. The highest BCUT2D eigenvalue weighted by molar-refractivity contribution is 5.72. The lowest BCUT2D eigenvalue weighted by molar-refractivity contribution is -0.145. The van der Waals surface area contributed by atoms with Crippen LogP contribution in [0.3, 0.4) is 0 Å². The molecule has 96 valence electrons. The number of carbonyl (C=O) groups is 1. The van der Waals surface area contributed by atoms with E-state index < -0.39 is 17.9 Å². The van der Waals surface area contributed by atoms with Gasteiger partial charge in [-0.3, -0.25) is 0 Å². The van der Waals surface area contributed by atoms with Gasteiger partial charge in [0.15, 0.2) is 6.10 Å². The van der Waals surface area contributed by atoms with Crippen molar-refractivity contribution in [3.63, 3.8) is 0 Å². The van der Waals surface area contributed by atoms with E-state index in [1.54, 1.807) is 6.07 Å². The molecule has 1 aromatic rings. The first kappa shape index (κ1) is 14.0. The monoisotopic (exact) mass is 251 g/mol. The van der Waals surface area contributed by atoms with Crippen LogP contribution < -0.4 is 4.74 Å². The fraction of sp³-hybridized carbons (Fsp3) is 0.385. The van der Waals surface area contributed by atoms with Gasteiger partial charge in [0.05, 0.1) is 5.56 Å². The molecule has 0 aliphatic rings. The van der Waals surface area contributed by atoms with E-state index in [1.165, 1.54) is 12.1 Å². The van der Waals surface area contributed by atoms with Gasteiger partial charge in [0, 0.05) is 6.07 Å². The van der Waals surface area contributed by atoms with E-state index in [0.717, 1.165) is 6.07 Å². The second-order valence-corrected chi connectivity index (χ2v) is 4.33. The third kappa shape index (κ3) is 3.74. The van der Waals surface area contributed by atoms with Crippen LogP contribution in [0.5, 0.6) is 5.75 Å². The number of hydrogen-bond acceptors (Lipinski definition) is 3. The first-order valence-electron chi connectivity index (χ1n) is 5.53. The molecule has 0 unspecified atom stereocenters. The molecule has 1 rings (SSSR count). The zero-order valence-electron chi connectivity index (χ0n) is 10.2. The zero-order valence-corrected chi connectivity index (χ0v) is 10.2. The number of aliphatic carboxylic acids is 1. The Labute approximate surface area is 105 Å². The molecule has 5 heteroatoms. The first-order chi connectivity index (χ1) is 8.43. The fourth-order valence-corrected chi connectivity index (χ4v) is 1.45. The Morgan fingerprint density at radius 3 is 2.67 bits per heavy atom. The number of hydrogen-bond donors (Lipinski definition) is 1. The molecule has 0 bridgehead atoms. The largest absolute Gasteiger partial charge is 0.479 e. The third-order valence-corrected chi connectivity index (χ3v) is 2.30. The van der Waals surface area contributed by atoms with Gasteiger partial charge in [0.2, 0.25) is 0 Å². The van der Waals surface area contributed by atoms with Crippen LogP contribution in [0.15, 0.2) is 18.2 Å². The average molecular weight is 251 g/mol. The highest BCUT2D eigenvalue weighted by atomic mass is 19.1. The fourth-order valence-electron chi connectivity index (χ4n) is 1.45. The van der Waals surface area contributed by atoms with Crippen molar-refractivity contribution in [3.05, 3.63) is 29.6 Å². The van der Waals surface area contributed by atoms with Gasteiger partial charge < -0.3 is 9.84 Å². The standard InChI is InChI=1S/C13H14FNO3/c1-8(2)5-12(13(16)17)18-10-4-3-9(7-15)11(14)6-10/h3-4,6,8,12H,5H2,1-2H3,(H,16,17)/t12-/m1/s1. The van der Waals surface area contributed by atoms with Crippen LogP contribution in [0.4, 0.5) is 4.39 Å². The minimum Gasteiger partial charge on any atom is -0.479 e. The molecule has 0 aliphatic carbocycles. The SMILES string of the molecule is CC(C)C[C@@H](Oc1ccc(C#N)c(F)c1)C(=O)O. The van der Waals surface area contributed by atoms with E-state index in [9.17, 15) is 9.18 Å². The zero-order chi connectivity index (χ0) is 13.7. The molecule has 0 saturated carbocycles. The maximum absolute atomic E-state index is 13.3. The summed E-state index contributed by atoms with van der Waals surface area (Å²) in [7, 11) is 0. The Kier molecular flexibility index (Phi) is 4.67. The molecule has 18 heavy (non-hydrogen) atoms. The highest BCUT2D eigenvalue weighted by Gasteiger charge is 2.21. The van der Waals surface area contributed by atoms with E-state index in [4.69, 9.17) is 15.1 Å². The maximum atomic E-state index is 13.3. The lowest BCUT2D eigenvalue weighted by Crippen LogP contribution is -2.28. The number of halogens is 1. The predicted molar refractivity (Wildman–Crippen MR) is 62.6 cm³/mol. The molecule has 0 aliphatic heterocycles. The second kappa shape index (κ2) is 6.01. The molecule has 0 fully saturated rings. The Hall–Kier alpha value is -2.09. The number of rotatable bonds is 5. The molecule has 1 atom stereocenters. The van der Waals surface area contributed by atoms with Crippen LogP contribution in [0, 0.1) is 23.1 Å². The van der Waals surface area contributed by atoms with Gasteiger partial charge >= 0.3 is 5.97 Å². The summed E-state index contributed by atoms with van der Waals surface area (Å²) in [5.74, 6) is -1.55. The third-order valence-electron chi connectivity index (χ3n) is 2.30. The van der Waals surface area contributed by atoms with Crippen LogP contribution in [0.2, 0.25) is 0 Å². The maximum Gasteiger partial charge on any atom is 0.344 e. The summed E-state index contributed by atoms with van der Waals surface area (Å²) in [6.07, 6.45) is -0.686. The predicted octanol–water partition coefficient (Wildman–Crippen LogP) is 2.58. The smallest absolute Gasteiger partial charge is 0.344 e. The summed E-state index contributed by atoms with van der Waals surface area (Å²) in [5, 5.41) is 17.6. The van der Waals surface area contributed by atoms with E-state index in [0.29, 0.717) is 6.42 Å². The minimum atomic E-state index is -1.09. The topological polar surface area (TPSA) is 70.3 Å². The van der Waals surface area contributed by atoms with Crippen LogP contribution in [0.25, 0.3) is 0 Å². The van der Waals surface area contributed by atoms with Crippen LogP contribution in [-0.2, 0) is 4.79 Å².